The first-order chi connectivity index (χ1) is 15.8. The second-order valence-electron chi connectivity index (χ2n) is 8.00. The van der Waals surface area contributed by atoms with Gasteiger partial charge in [0, 0.05) is 18.7 Å². The quantitative estimate of drug-likeness (QED) is 0.408. The van der Waals surface area contributed by atoms with E-state index in [1.807, 2.05) is 35.2 Å². The lowest BCUT2D eigenvalue weighted by Crippen LogP contribution is -2.33. The molecule has 32 heavy (non-hydrogen) atoms. The Hall–Kier alpha value is -3.19. The molecule has 0 spiro atoms. The highest BCUT2D eigenvalue weighted by Gasteiger charge is 2.17. The highest BCUT2D eigenvalue weighted by atomic mass is 32.2. The molecule has 0 unspecified atom stereocenters. The second-order valence-corrected chi connectivity index (χ2v) is 8.94. The normalized spacial score (nSPS) is 14.4. The maximum atomic E-state index is 12.6. The number of fused-ring (bicyclic) bond motifs is 1. The first kappa shape index (κ1) is 20.7. The van der Waals surface area contributed by atoms with Crippen molar-refractivity contribution in [3.05, 3.63) is 66.7 Å². The first-order valence-electron chi connectivity index (χ1n) is 11.1. The topological polar surface area (TPSA) is 63.4 Å². The molecule has 0 saturated carbocycles. The Morgan fingerprint density at radius 1 is 0.781 bits per heavy atom. The average molecular weight is 444 g/mol. The molecule has 162 valence electrons. The zero-order valence-electron chi connectivity index (χ0n) is 17.9. The molecule has 7 heteroatoms. The molecule has 1 aliphatic rings. The Bertz CT molecular complexity index is 1200. The molecule has 0 N–H and O–H groups in total. The van der Waals surface area contributed by atoms with Crippen LogP contribution in [0.3, 0.4) is 0 Å². The highest BCUT2D eigenvalue weighted by molar-refractivity contribution is 7.99. The summed E-state index contributed by atoms with van der Waals surface area (Å²) in [5, 5.41) is 13.9. The van der Waals surface area contributed by atoms with E-state index in [-0.39, 0.29) is 5.91 Å². The summed E-state index contributed by atoms with van der Waals surface area (Å²) in [6, 6.07) is 22.6. The van der Waals surface area contributed by atoms with Crippen LogP contribution in [0.15, 0.2) is 71.9 Å². The predicted octanol–water partition coefficient (Wildman–Crippen LogP) is 4.95. The van der Waals surface area contributed by atoms with E-state index in [1.54, 1.807) is 4.52 Å². The molecular formula is C25H25N5OS. The number of rotatable bonds is 5. The van der Waals surface area contributed by atoms with Crippen molar-refractivity contribution >= 4 is 23.3 Å². The Balaban J connectivity index is 1.33. The van der Waals surface area contributed by atoms with Crippen molar-refractivity contribution in [2.24, 2.45) is 0 Å². The van der Waals surface area contributed by atoms with E-state index in [0.717, 1.165) is 37.2 Å². The Kier molecular flexibility index (Phi) is 6.16. The summed E-state index contributed by atoms with van der Waals surface area (Å²) in [6.45, 7) is 1.72. The number of benzene rings is 2. The van der Waals surface area contributed by atoms with Gasteiger partial charge in [0.05, 0.1) is 11.4 Å². The van der Waals surface area contributed by atoms with Crippen LogP contribution in [-0.4, -0.2) is 49.5 Å². The van der Waals surface area contributed by atoms with E-state index >= 15 is 0 Å². The fourth-order valence-corrected chi connectivity index (χ4v) is 4.81. The van der Waals surface area contributed by atoms with Crippen molar-refractivity contribution in [2.45, 2.75) is 30.8 Å². The Morgan fingerprint density at radius 3 is 2.22 bits per heavy atom. The van der Waals surface area contributed by atoms with E-state index in [4.69, 9.17) is 5.10 Å². The number of carbonyl (C=O) groups excluding carboxylic acids is 1. The molecule has 1 aliphatic heterocycles. The number of hydrogen-bond donors (Lipinski definition) is 0. The van der Waals surface area contributed by atoms with Crippen molar-refractivity contribution in [1.82, 2.24) is 24.7 Å². The van der Waals surface area contributed by atoms with Crippen molar-refractivity contribution < 1.29 is 4.79 Å². The number of hydrogen-bond acceptors (Lipinski definition) is 5. The van der Waals surface area contributed by atoms with Crippen LogP contribution in [-0.2, 0) is 4.79 Å². The minimum absolute atomic E-state index is 0.168. The lowest BCUT2D eigenvalue weighted by Gasteiger charge is -2.19. The lowest BCUT2D eigenvalue weighted by molar-refractivity contribution is -0.128. The van der Waals surface area contributed by atoms with Crippen molar-refractivity contribution in [3.8, 4) is 22.4 Å². The van der Waals surface area contributed by atoms with Crippen molar-refractivity contribution in [3.63, 3.8) is 0 Å². The first-order valence-corrected chi connectivity index (χ1v) is 12.1. The van der Waals surface area contributed by atoms with Gasteiger partial charge in [-0.15, -0.1) is 10.2 Å². The SMILES string of the molecule is O=C(CSc1nnc2ccc(-c3ccc(-c4ccccc4)cc3)nn12)N1CCCCCC1. The summed E-state index contributed by atoms with van der Waals surface area (Å²) < 4.78 is 1.74. The van der Waals surface area contributed by atoms with Gasteiger partial charge in [0.1, 0.15) is 0 Å². The van der Waals surface area contributed by atoms with Crippen LogP contribution in [0, 0.1) is 0 Å². The van der Waals surface area contributed by atoms with Crippen molar-refractivity contribution in [2.75, 3.05) is 18.8 Å². The van der Waals surface area contributed by atoms with E-state index in [0.29, 0.717) is 16.6 Å². The Labute approximate surface area is 191 Å². The minimum atomic E-state index is 0.168. The van der Waals surface area contributed by atoms with Crippen LogP contribution in [0.5, 0.6) is 0 Å². The molecule has 1 amide bonds. The fraction of sp³-hybridized carbons (Fsp3) is 0.280. The van der Waals surface area contributed by atoms with Gasteiger partial charge in [-0.3, -0.25) is 4.79 Å². The van der Waals surface area contributed by atoms with Crippen LogP contribution in [0.1, 0.15) is 25.7 Å². The molecule has 1 saturated heterocycles. The van der Waals surface area contributed by atoms with E-state index in [1.165, 1.54) is 35.7 Å². The fourth-order valence-electron chi connectivity index (χ4n) is 4.01. The zero-order valence-corrected chi connectivity index (χ0v) is 18.7. The number of thioether (sulfide) groups is 1. The molecular weight excluding hydrogens is 418 g/mol. The number of nitrogens with zero attached hydrogens (tertiary/aromatic N) is 5. The van der Waals surface area contributed by atoms with Gasteiger partial charge in [-0.25, -0.2) is 0 Å². The zero-order chi connectivity index (χ0) is 21.8. The highest BCUT2D eigenvalue weighted by Crippen LogP contribution is 2.25. The smallest absolute Gasteiger partial charge is 0.233 e. The van der Waals surface area contributed by atoms with Gasteiger partial charge in [0.25, 0.3) is 0 Å². The molecule has 2 aromatic heterocycles. The maximum Gasteiger partial charge on any atom is 0.233 e. The largest absolute Gasteiger partial charge is 0.342 e. The van der Waals surface area contributed by atoms with Gasteiger partial charge >= 0.3 is 0 Å². The van der Waals surface area contributed by atoms with Crippen LogP contribution < -0.4 is 0 Å². The molecule has 3 heterocycles. The summed E-state index contributed by atoms with van der Waals surface area (Å²) in [5.41, 5.74) is 4.91. The molecule has 2 aromatic carbocycles. The standard InChI is InChI=1S/C25H25N5OS/c31-24(29-16-6-1-2-7-17-29)18-32-25-27-26-23-15-14-22(28-30(23)25)21-12-10-20(11-13-21)19-8-4-3-5-9-19/h3-5,8-15H,1-2,6-7,16-18H2. The van der Waals surface area contributed by atoms with Gasteiger partial charge in [0.15, 0.2) is 5.65 Å². The third-order valence-corrected chi connectivity index (χ3v) is 6.71. The van der Waals surface area contributed by atoms with Crippen LogP contribution in [0.4, 0.5) is 0 Å². The van der Waals surface area contributed by atoms with E-state index in [2.05, 4.69) is 46.6 Å². The number of likely N-dealkylation sites (tertiary alicyclic amines) is 1. The Morgan fingerprint density at radius 2 is 1.47 bits per heavy atom. The number of carbonyl (C=O) groups is 1. The summed E-state index contributed by atoms with van der Waals surface area (Å²) in [6.07, 6.45) is 4.62. The van der Waals surface area contributed by atoms with E-state index in [9.17, 15) is 4.79 Å². The summed E-state index contributed by atoms with van der Waals surface area (Å²) in [7, 11) is 0. The molecule has 4 aromatic rings. The van der Waals surface area contributed by atoms with Gasteiger partial charge < -0.3 is 4.90 Å². The molecule has 6 nitrogen and oxygen atoms in total. The predicted molar refractivity (Wildman–Crippen MR) is 127 cm³/mol. The van der Waals surface area contributed by atoms with Crippen LogP contribution in [0.2, 0.25) is 0 Å². The summed E-state index contributed by atoms with van der Waals surface area (Å²) in [5.74, 6) is 0.527. The van der Waals surface area contributed by atoms with Crippen molar-refractivity contribution in [1.29, 1.82) is 0 Å². The lowest BCUT2D eigenvalue weighted by atomic mass is 10.0. The number of amides is 1. The average Bonchev–Trinajstić information content (AvgIpc) is 3.05. The number of aromatic nitrogens is 4. The van der Waals surface area contributed by atoms with Gasteiger partial charge in [-0.05, 0) is 36.1 Å². The third kappa shape index (κ3) is 4.53. The molecule has 5 rings (SSSR count). The van der Waals surface area contributed by atoms with Crippen LogP contribution >= 0.6 is 11.8 Å². The minimum Gasteiger partial charge on any atom is -0.342 e. The second kappa shape index (κ2) is 9.53. The molecule has 1 fully saturated rings. The van der Waals surface area contributed by atoms with Gasteiger partial charge in [-0.2, -0.15) is 9.61 Å². The summed E-state index contributed by atoms with van der Waals surface area (Å²) in [4.78, 5) is 14.6. The molecule has 0 aliphatic carbocycles. The molecule has 0 atom stereocenters. The third-order valence-electron chi connectivity index (χ3n) is 5.81. The maximum absolute atomic E-state index is 12.6. The molecule has 0 bridgehead atoms. The van der Waals surface area contributed by atoms with Gasteiger partial charge in [-0.1, -0.05) is 79.2 Å². The molecule has 0 radical (unpaired) electrons. The monoisotopic (exact) mass is 443 g/mol. The van der Waals surface area contributed by atoms with Gasteiger partial charge in [0.2, 0.25) is 11.1 Å². The van der Waals surface area contributed by atoms with E-state index < -0.39 is 0 Å². The van der Waals surface area contributed by atoms with Crippen LogP contribution in [0.25, 0.3) is 28.0 Å². The summed E-state index contributed by atoms with van der Waals surface area (Å²) >= 11 is 1.40.